The third-order valence-corrected chi connectivity index (χ3v) is 4.10. The van der Waals surface area contributed by atoms with Gasteiger partial charge in [0.05, 0.1) is 0 Å². The molecule has 4 aromatic carbocycles. The van der Waals surface area contributed by atoms with Crippen molar-refractivity contribution in [3.8, 4) is 11.1 Å². The van der Waals surface area contributed by atoms with E-state index in [1.54, 1.807) is 0 Å². The molecule has 0 aliphatic heterocycles. The largest absolute Gasteiger partial charge is 0.0683 e. The highest BCUT2D eigenvalue weighted by atomic mass is 14.1. The van der Waals surface area contributed by atoms with Crippen LogP contribution in [0.3, 0.4) is 0 Å². The van der Waals surface area contributed by atoms with E-state index in [1.807, 2.05) is 13.8 Å². The molecule has 0 heterocycles. The van der Waals surface area contributed by atoms with Gasteiger partial charge in [-0.05, 0) is 45.7 Å². The van der Waals surface area contributed by atoms with Crippen molar-refractivity contribution in [2.45, 2.75) is 20.8 Å². The molecule has 0 nitrogen and oxygen atoms in total. The van der Waals surface area contributed by atoms with Crippen LogP contribution in [-0.4, -0.2) is 0 Å². The maximum absolute atomic E-state index is 2.31. The lowest BCUT2D eigenvalue weighted by Gasteiger charge is -2.08. The summed E-state index contributed by atoms with van der Waals surface area (Å²) >= 11 is 0. The summed E-state index contributed by atoms with van der Waals surface area (Å²) in [5.41, 5.74) is 3.86. The average molecular weight is 298 g/mol. The van der Waals surface area contributed by atoms with Gasteiger partial charge in [-0.25, -0.2) is 0 Å². The Morgan fingerprint density at radius 1 is 0.522 bits per heavy atom. The van der Waals surface area contributed by atoms with E-state index in [-0.39, 0.29) is 0 Å². The van der Waals surface area contributed by atoms with Crippen molar-refractivity contribution < 1.29 is 0 Å². The van der Waals surface area contributed by atoms with Crippen molar-refractivity contribution in [2.75, 3.05) is 0 Å². The monoisotopic (exact) mass is 298 g/mol. The second-order valence-corrected chi connectivity index (χ2v) is 5.59. The predicted molar refractivity (Wildman–Crippen MR) is 103 cm³/mol. The lowest BCUT2D eigenvalue weighted by Crippen LogP contribution is -1.82. The molecule has 23 heavy (non-hydrogen) atoms. The molecular formula is C23H22. The Labute approximate surface area is 138 Å². The second kappa shape index (κ2) is 6.66. The molecular weight excluding hydrogens is 276 g/mol. The molecule has 114 valence electrons. The lowest BCUT2D eigenvalue weighted by molar-refractivity contribution is 1.47. The van der Waals surface area contributed by atoms with Gasteiger partial charge in [0.1, 0.15) is 0 Å². The molecule has 0 heteroatoms. The minimum Gasteiger partial charge on any atom is -0.0683 e. The number of rotatable bonds is 1. The average Bonchev–Trinajstić information content (AvgIpc) is 2.63. The fourth-order valence-corrected chi connectivity index (χ4v) is 3.01. The molecule has 0 spiro atoms. The normalized spacial score (nSPS) is 10.4. The van der Waals surface area contributed by atoms with Crippen LogP contribution in [0.4, 0.5) is 0 Å². The Kier molecular flexibility index (Phi) is 4.43. The first-order chi connectivity index (χ1) is 11.3. The fourth-order valence-electron chi connectivity index (χ4n) is 3.01. The smallest absolute Gasteiger partial charge is 0.00992 e. The van der Waals surface area contributed by atoms with Gasteiger partial charge in [0.15, 0.2) is 0 Å². The van der Waals surface area contributed by atoms with Gasteiger partial charge >= 0.3 is 0 Å². The van der Waals surface area contributed by atoms with Crippen LogP contribution >= 0.6 is 0 Å². The zero-order valence-electron chi connectivity index (χ0n) is 14.0. The van der Waals surface area contributed by atoms with E-state index in [2.05, 4.69) is 85.8 Å². The van der Waals surface area contributed by atoms with Crippen LogP contribution in [0, 0.1) is 6.92 Å². The molecule has 0 amide bonds. The summed E-state index contributed by atoms with van der Waals surface area (Å²) in [5, 5.41) is 5.24. The Hall–Kier alpha value is -2.60. The first kappa shape index (κ1) is 15.3. The number of fused-ring (bicyclic) bond motifs is 3. The molecule has 0 fully saturated rings. The Morgan fingerprint density at radius 2 is 1.17 bits per heavy atom. The van der Waals surface area contributed by atoms with E-state index in [9.17, 15) is 0 Å². The number of hydrogen-bond donors (Lipinski definition) is 0. The highest BCUT2D eigenvalue weighted by molar-refractivity contribution is 6.08. The van der Waals surface area contributed by atoms with Crippen LogP contribution in [0.5, 0.6) is 0 Å². The molecule has 0 atom stereocenters. The SMILES string of the molecule is CC.Cc1cccc(-c2ccc3ccc4ccccc4c3c2)c1. The van der Waals surface area contributed by atoms with Gasteiger partial charge in [-0.15, -0.1) is 0 Å². The number of hydrogen-bond acceptors (Lipinski definition) is 0. The minimum atomic E-state index is 1.28. The molecule has 0 bridgehead atoms. The summed E-state index contributed by atoms with van der Waals surface area (Å²) < 4.78 is 0. The van der Waals surface area contributed by atoms with Gasteiger partial charge in [0.25, 0.3) is 0 Å². The molecule has 0 aliphatic carbocycles. The zero-order chi connectivity index (χ0) is 16.2. The van der Waals surface area contributed by atoms with Crippen LogP contribution in [0.1, 0.15) is 19.4 Å². The molecule has 0 saturated carbocycles. The Balaban J connectivity index is 0.000000753. The van der Waals surface area contributed by atoms with E-state index in [1.165, 1.54) is 38.2 Å². The van der Waals surface area contributed by atoms with Crippen LogP contribution in [-0.2, 0) is 0 Å². The van der Waals surface area contributed by atoms with Crippen LogP contribution in [0.25, 0.3) is 32.7 Å². The number of benzene rings is 4. The highest BCUT2D eigenvalue weighted by Gasteiger charge is 2.03. The molecule has 0 aromatic heterocycles. The van der Waals surface area contributed by atoms with E-state index in [4.69, 9.17) is 0 Å². The third kappa shape index (κ3) is 2.98. The fraction of sp³-hybridized carbons (Fsp3) is 0.130. The van der Waals surface area contributed by atoms with Crippen molar-refractivity contribution in [3.63, 3.8) is 0 Å². The zero-order valence-corrected chi connectivity index (χ0v) is 14.0. The third-order valence-electron chi connectivity index (χ3n) is 4.10. The van der Waals surface area contributed by atoms with Crippen LogP contribution in [0.15, 0.2) is 78.9 Å². The molecule has 4 aromatic rings. The molecule has 4 rings (SSSR count). The van der Waals surface area contributed by atoms with Gasteiger partial charge in [-0.2, -0.15) is 0 Å². The summed E-state index contributed by atoms with van der Waals surface area (Å²) in [4.78, 5) is 0. The molecule has 0 radical (unpaired) electrons. The number of aryl methyl sites for hydroxylation is 1. The van der Waals surface area contributed by atoms with Crippen LogP contribution in [0.2, 0.25) is 0 Å². The van der Waals surface area contributed by atoms with Gasteiger partial charge in [-0.1, -0.05) is 92.2 Å². The minimum absolute atomic E-state index is 1.28. The maximum Gasteiger partial charge on any atom is -0.00992 e. The quantitative estimate of drug-likeness (QED) is 0.332. The van der Waals surface area contributed by atoms with E-state index in [0.717, 1.165) is 0 Å². The van der Waals surface area contributed by atoms with Crippen molar-refractivity contribution in [1.29, 1.82) is 0 Å². The summed E-state index contributed by atoms with van der Waals surface area (Å²) in [5.74, 6) is 0. The van der Waals surface area contributed by atoms with Crippen molar-refractivity contribution in [2.24, 2.45) is 0 Å². The van der Waals surface area contributed by atoms with E-state index in [0.29, 0.717) is 0 Å². The summed E-state index contributed by atoms with van der Waals surface area (Å²) in [6.45, 7) is 6.14. The van der Waals surface area contributed by atoms with Crippen molar-refractivity contribution >= 4 is 21.5 Å². The Bertz CT molecular complexity index is 948. The van der Waals surface area contributed by atoms with Gasteiger partial charge in [0, 0.05) is 0 Å². The van der Waals surface area contributed by atoms with Crippen molar-refractivity contribution in [3.05, 3.63) is 84.4 Å². The molecule has 0 aliphatic rings. The van der Waals surface area contributed by atoms with Crippen LogP contribution < -0.4 is 0 Å². The van der Waals surface area contributed by atoms with Gasteiger partial charge < -0.3 is 0 Å². The second-order valence-electron chi connectivity index (χ2n) is 5.59. The highest BCUT2D eigenvalue weighted by Crippen LogP contribution is 2.30. The topological polar surface area (TPSA) is 0 Å². The standard InChI is InChI=1S/C21H16.C2H6/c1-15-5-4-7-18(13-15)19-12-11-17-10-9-16-6-2-3-8-20(16)21(17)14-19;1-2/h2-14H,1H3;1-2H3. The Morgan fingerprint density at radius 3 is 1.96 bits per heavy atom. The molecule has 0 unspecified atom stereocenters. The predicted octanol–water partition coefficient (Wildman–Crippen LogP) is 6.99. The first-order valence-electron chi connectivity index (χ1n) is 8.30. The lowest BCUT2D eigenvalue weighted by atomic mass is 9.96. The molecule has 0 N–H and O–H groups in total. The summed E-state index contributed by atoms with van der Waals surface area (Å²) in [6, 6.07) is 28.4. The van der Waals surface area contributed by atoms with Gasteiger partial charge in [0.2, 0.25) is 0 Å². The van der Waals surface area contributed by atoms with E-state index < -0.39 is 0 Å². The van der Waals surface area contributed by atoms with Gasteiger partial charge in [-0.3, -0.25) is 0 Å². The summed E-state index contributed by atoms with van der Waals surface area (Å²) in [7, 11) is 0. The van der Waals surface area contributed by atoms with Crippen molar-refractivity contribution in [1.82, 2.24) is 0 Å². The maximum atomic E-state index is 2.31. The first-order valence-corrected chi connectivity index (χ1v) is 8.30. The van der Waals surface area contributed by atoms with E-state index >= 15 is 0 Å². The molecule has 0 saturated heterocycles. The summed E-state index contributed by atoms with van der Waals surface area (Å²) in [6.07, 6.45) is 0.